The van der Waals surface area contributed by atoms with E-state index in [1.807, 2.05) is 31.2 Å². The lowest BCUT2D eigenvalue weighted by molar-refractivity contribution is -0.137. The smallest absolute Gasteiger partial charge is 0.416 e. The van der Waals surface area contributed by atoms with Crippen molar-refractivity contribution in [2.24, 2.45) is 0 Å². The molecule has 2 unspecified atom stereocenters. The number of urea groups is 1. The first-order valence-electron chi connectivity index (χ1n) is 9.95. The van der Waals surface area contributed by atoms with E-state index in [-0.39, 0.29) is 24.2 Å². The molecule has 2 aromatic rings. The zero-order valence-electron chi connectivity index (χ0n) is 17.5. The van der Waals surface area contributed by atoms with E-state index in [2.05, 4.69) is 16.0 Å². The molecule has 0 aromatic heterocycles. The lowest BCUT2D eigenvalue weighted by Crippen LogP contribution is -2.35. The summed E-state index contributed by atoms with van der Waals surface area (Å²) in [5.41, 5.74) is 0.496. The molecule has 0 aliphatic heterocycles. The predicted molar refractivity (Wildman–Crippen MR) is 112 cm³/mol. The van der Waals surface area contributed by atoms with Crippen molar-refractivity contribution < 1.29 is 27.8 Å². The molecule has 0 fully saturated rings. The topological polar surface area (TPSA) is 82.6 Å². The van der Waals surface area contributed by atoms with Gasteiger partial charge in [0.25, 0.3) is 0 Å². The number of hydrogen-bond donors (Lipinski definition) is 4. The highest BCUT2D eigenvalue weighted by atomic mass is 19.4. The lowest BCUT2D eigenvalue weighted by Gasteiger charge is -2.18. The summed E-state index contributed by atoms with van der Waals surface area (Å²) in [5, 5.41) is 18.5. The van der Waals surface area contributed by atoms with Crippen LogP contribution in [0.4, 0.5) is 18.0 Å². The summed E-state index contributed by atoms with van der Waals surface area (Å²) in [5.74, 6) is 0.683. The molecule has 0 heterocycles. The van der Waals surface area contributed by atoms with E-state index in [1.165, 1.54) is 19.2 Å². The van der Waals surface area contributed by atoms with E-state index in [9.17, 15) is 23.1 Å². The fraction of sp³-hybridized carbons (Fsp3) is 0.409. The number of benzene rings is 2. The highest BCUT2D eigenvalue weighted by Gasteiger charge is 2.30. The number of rotatable bonds is 10. The van der Waals surface area contributed by atoms with Gasteiger partial charge in [0, 0.05) is 19.6 Å². The number of alkyl halides is 3. The molecule has 0 saturated heterocycles. The number of halogens is 3. The summed E-state index contributed by atoms with van der Waals surface area (Å²) in [7, 11) is 1.54. The number of ether oxygens (including phenoxy) is 1. The first kappa shape index (κ1) is 24.5. The van der Waals surface area contributed by atoms with Gasteiger partial charge in [-0.15, -0.1) is 0 Å². The van der Waals surface area contributed by atoms with Gasteiger partial charge in [0.05, 0.1) is 18.2 Å². The van der Waals surface area contributed by atoms with Gasteiger partial charge in [0.15, 0.2) is 0 Å². The molecule has 2 aromatic carbocycles. The third kappa shape index (κ3) is 8.47. The van der Waals surface area contributed by atoms with Crippen molar-refractivity contribution in [3.05, 3.63) is 65.2 Å². The third-order valence-corrected chi connectivity index (χ3v) is 4.61. The summed E-state index contributed by atoms with van der Waals surface area (Å²) < 4.78 is 44.0. The van der Waals surface area contributed by atoms with E-state index in [0.29, 0.717) is 25.3 Å². The van der Waals surface area contributed by atoms with E-state index in [0.717, 1.165) is 17.7 Å². The van der Waals surface area contributed by atoms with Crippen molar-refractivity contribution in [2.45, 2.75) is 31.7 Å². The number of hydrogen-bond acceptors (Lipinski definition) is 4. The Hall–Kier alpha value is -2.78. The van der Waals surface area contributed by atoms with Crippen LogP contribution < -0.4 is 20.7 Å². The Kier molecular flexibility index (Phi) is 9.14. The zero-order chi connectivity index (χ0) is 22.9. The lowest BCUT2D eigenvalue weighted by atomic mass is 10.0. The number of aliphatic hydroxyl groups is 1. The number of carbonyl (C=O) groups excluding carboxylic acids is 1. The monoisotopic (exact) mass is 439 g/mol. The van der Waals surface area contributed by atoms with Gasteiger partial charge in [0.2, 0.25) is 0 Å². The van der Waals surface area contributed by atoms with Gasteiger partial charge in [-0.1, -0.05) is 24.3 Å². The molecule has 31 heavy (non-hydrogen) atoms. The Morgan fingerprint density at radius 3 is 2.52 bits per heavy atom. The summed E-state index contributed by atoms with van der Waals surface area (Å²) >= 11 is 0. The minimum atomic E-state index is -4.44. The van der Waals surface area contributed by atoms with Crippen LogP contribution in [0.2, 0.25) is 0 Å². The molecule has 0 aliphatic carbocycles. The van der Waals surface area contributed by atoms with Crippen molar-refractivity contribution in [1.29, 1.82) is 0 Å². The van der Waals surface area contributed by atoms with Gasteiger partial charge < -0.3 is 25.8 Å². The molecule has 2 amide bonds. The Balaban J connectivity index is 1.77. The normalized spacial score (nSPS) is 13.4. The van der Waals surface area contributed by atoms with Gasteiger partial charge in [-0.2, -0.15) is 13.2 Å². The predicted octanol–water partition coefficient (Wildman–Crippen LogP) is 3.27. The molecule has 6 nitrogen and oxygen atoms in total. The summed E-state index contributed by atoms with van der Waals surface area (Å²) in [6.07, 6.45) is -4.80. The summed E-state index contributed by atoms with van der Waals surface area (Å²) in [4.78, 5) is 11.1. The highest BCUT2D eigenvalue weighted by Crippen LogP contribution is 2.30. The quantitative estimate of drug-likeness (QED) is 0.429. The number of nitrogens with one attached hydrogen (secondary N) is 3. The number of aliphatic hydroxyl groups excluding tert-OH is 1. The Bertz CT molecular complexity index is 829. The minimum absolute atomic E-state index is 0.00368. The molecule has 2 atom stereocenters. The molecule has 0 spiro atoms. The van der Waals surface area contributed by atoms with Crippen molar-refractivity contribution in [1.82, 2.24) is 16.0 Å². The standard InChI is InChI=1S/C22H28F3N3O3/c1-15(28-14-20(29)17-4-3-5-18(13-17)22(23,24)25)12-16-6-8-19(9-7-16)31-11-10-27-21(30)26-2/h3-9,13,15,20,28-29H,10-12,14H2,1-2H3,(H2,26,27,30). The Labute approximate surface area is 179 Å². The van der Waals surface area contributed by atoms with Crippen LogP contribution in [0.15, 0.2) is 48.5 Å². The van der Waals surface area contributed by atoms with Crippen LogP contribution in [-0.2, 0) is 12.6 Å². The Morgan fingerprint density at radius 2 is 1.87 bits per heavy atom. The molecule has 0 aliphatic rings. The van der Waals surface area contributed by atoms with Gasteiger partial charge in [-0.05, 0) is 48.7 Å². The Morgan fingerprint density at radius 1 is 1.16 bits per heavy atom. The zero-order valence-corrected chi connectivity index (χ0v) is 17.5. The average Bonchev–Trinajstić information content (AvgIpc) is 2.75. The molecular formula is C22H28F3N3O3. The van der Waals surface area contributed by atoms with Gasteiger partial charge >= 0.3 is 12.2 Å². The van der Waals surface area contributed by atoms with Crippen molar-refractivity contribution >= 4 is 6.03 Å². The maximum absolute atomic E-state index is 12.8. The molecule has 9 heteroatoms. The second-order valence-electron chi connectivity index (χ2n) is 7.15. The molecule has 0 saturated carbocycles. The fourth-order valence-corrected chi connectivity index (χ4v) is 2.92. The van der Waals surface area contributed by atoms with Crippen LogP contribution in [0.3, 0.4) is 0 Å². The van der Waals surface area contributed by atoms with Crippen molar-refractivity contribution in [3.63, 3.8) is 0 Å². The first-order valence-corrected chi connectivity index (χ1v) is 9.95. The molecule has 2 rings (SSSR count). The number of carbonyl (C=O) groups is 1. The summed E-state index contributed by atoms with van der Waals surface area (Å²) in [6.45, 7) is 2.81. The van der Waals surface area contributed by atoms with E-state index in [1.54, 1.807) is 0 Å². The second kappa shape index (κ2) is 11.6. The molecule has 4 N–H and O–H groups in total. The van der Waals surface area contributed by atoms with Gasteiger partial charge in [0.1, 0.15) is 12.4 Å². The van der Waals surface area contributed by atoms with E-state index in [4.69, 9.17) is 4.74 Å². The fourth-order valence-electron chi connectivity index (χ4n) is 2.92. The third-order valence-electron chi connectivity index (χ3n) is 4.61. The molecule has 170 valence electrons. The second-order valence-corrected chi connectivity index (χ2v) is 7.15. The maximum Gasteiger partial charge on any atom is 0.416 e. The van der Waals surface area contributed by atoms with Gasteiger partial charge in [-0.25, -0.2) is 4.79 Å². The largest absolute Gasteiger partial charge is 0.492 e. The first-order chi connectivity index (χ1) is 14.7. The van der Waals surface area contributed by atoms with Crippen molar-refractivity contribution in [3.8, 4) is 5.75 Å². The molecular weight excluding hydrogens is 411 g/mol. The van der Waals surface area contributed by atoms with Crippen LogP contribution >= 0.6 is 0 Å². The summed E-state index contributed by atoms with van der Waals surface area (Å²) in [6, 6.07) is 12.0. The highest BCUT2D eigenvalue weighted by molar-refractivity contribution is 5.73. The van der Waals surface area contributed by atoms with Gasteiger partial charge in [-0.3, -0.25) is 0 Å². The van der Waals surface area contributed by atoms with Crippen LogP contribution in [-0.4, -0.2) is 43.9 Å². The average molecular weight is 439 g/mol. The van der Waals surface area contributed by atoms with E-state index < -0.39 is 17.8 Å². The van der Waals surface area contributed by atoms with E-state index >= 15 is 0 Å². The van der Waals surface area contributed by atoms with Crippen LogP contribution in [0.25, 0.3) is 0 Å². The number of amides is 2. The van der Waals surface area contributed by atoms with Crippen LogP contribution in [0.5, 0.6) is 5.75 Å². The minimum Gasteiger partial charge on any atom is -0.492 e. The van der Waals surface area contributed by atoms with Crippen LogP contribution in [0.1, 0.15) is 29.7 Å². The maximum atomic E-state index is 12.8. The van der Waals surface area contributed by atoms with Crippen LogP contribution in [0, 0.1) is 0 Å². The molecule has 0 bridgehead atoms. The molecule has 0 radical (unpaired) electrons. The van der Waals surface area contributed by atoms with Crippen molar-refractivity contribution in [2.75, 3.05) is 26.7 Å². The SMILES string of the molecule is CNC(=O)NCCOc1ccc(CC(C)NCC(O)c2cccc(C(F)(F)F)c2)cc1.